The minimum Gasteiger partial charge on any atom is -0.477 e. The third kappa shape index (κ3) is 3.41. The standard InChI is InChI=1S/C9H13N3O3/c1-6(2)5-15-9-4-7(12(13)14)3-8(10)11-9/h3-4,6H,5H2,1-2H3,(H2,10,11). The molecule has 1 aromatic rings. The summed E-state index contributed by atoms with van der Waals surface area (Å²) in [5.74, 6) is 0.602. The van der Waals surface area contributed by atoms with Crippen LogP contribution in [0.4, 0.5) is 11.5 Å². The second kappa shape index (κ2) is 4.59. The Morgan fingerprint density at radius 3 is 2.80 bits per heavy atom. The molecule has 0 fully saturated rings. The highest BCUT2D eigenvalue weighted by atomic mass is 16.6. The number of pyridine rings is 1. The summed E-state index contributed by atoms with van der Waals surface area (Å²) in [4.78, 5) is 13.8. The molecule has 0 aromatic carbocycles. The topological polar surface area (TPSA) is 91.3 Å². The fraction of sp³-hybridized carbons (Fsp3) is 0.444. The zero-order valence-electron chi connectivity index (χ0n) is 8.64. The SMILES string of the molecule is CC(C)COc1cc([N+](=O)[O-])cc(N)n1. The van der Waals surface area contributed by atoms with Gasteiger partial charge in [-0.15, -0.1) is 0 Å². The van der Waals surface area contributed by atoms with E-state index in [1.165, 1.54) is 12.1 Å². The van der Waals surface area contributed by atoms with Crippen molar-refractivity contribution in [2.45, 2.75) is 13.8 Å². The average molecular weight is 211 g/mol. The summed E-state index contributed by atoms with van der Waals surface area (Å²) >= 11 is 0. The van der Waals surface area contributed by atoms with Gasteiger partial charge < -0.3 is 10.5 Å². The number of hydrogen-bond acceptors (Lipinski definition) is 5. The van der Waals surface area contributed by atoms with E-state index in [0.29, 0.717) is 12.5 Å². The van der Waals surface area contributed by atoms with Crippen LogP contribution in [0.3, 0.4) is 0 Å². The van der Waals surface area contributed by atoms with Crippen molar-refractivity contribution in [2.75, 3.05) is 12.3 Å². The third-order valence-corrected chi connectivity index (χ3v) is 1.58. The fourth-order valence-corrected chi connectivity index (χ4v) is 0.943. The van der Waals surface area contributed by atoms with Gasteiger partial charge in [-0.3, -0.25) is 10.1 Å². The second-order valence-corrected chi connectivity index (χ2v) is 3.55. The van der Waals surface area contributed by atoms with Crippen molar-refractivity contribution in [1.82, 2.24) is 4.98 Å². The van der Waals surface area contributed by atoms with Gasteiger partial charge in [-0.2, -0.15) is 4.98 Å². The van der Waals surface area contributed by atoms with Gasteiger partial charge in [0.1, 0.15) is 5.82 Å². The van der Waals surface area contributed by atoms with Crippen LogP contribution >= 0.6 is 0 Å². The summed E-state index contributed by atoms with van der Waals surface area (Å²) in [5.41, 5.74) is 5.30. The van der Waals surface area contributed by atoms with Crippen LogP contribution in [0.25, 0.3) is 0 Å². The molecule has 0 amide bonds. The lowest BCUT2D eigenvalue weighted by atomic mass is 10.2. The largest absolute Gasteiger partial charge is 0.477 e. The van der Waals surface area contributed by atoms with Crippen LogP contribution in [0.2, 0.25) is 0 Å². The Hall–Kier alpha value is -1.85. The molecule has 0 atom stereocenters. The van der Waals surface area contributed by atoms with E-state index in [4.69, 9.17) is 10.5 Å². The fourth-order valence-electron chi connectivity index (χ4n) is 0.943. The molecule has 0 radical (unpaired) electrons. The molecule has 0 aliphatic heterocycles. The van der Waals surface area contributed by atoms with Crippen LogP contribution in [-0.4, -0.2) is 16.5 Å². The van der Waals surface area contributed by atoms with E-state index >= 15 is 0 Å². The quantitative estimate of drug-likeness (QED) is 0.603. The number of anilines is 1. The number of nitrogen functional groups attached to an aromatic ring is 1. The van der Waals surface area contributed by atoms with Crippen LogP contribution in [0.5, 0.6) is 5.88 Å². The molecule has 1 heterocycles. The zero-order valence-corrected chi connectivity index (χ0v) is 8.64. The molecule has 15 heavy (non-hydrogen) atoms. The molecule has 6 heteroatoms. The molecular formula is C9H13N3O3. The molecule has 0 saturated carbocycles. The Morgan fingerprint density at radius 1 is 1.60 bits per heavy atom. The molecule has 1 rings (SSSR count). The van der Waals surface area contributed by atoms with Crippen LogP contribution in [0, 0.1) is 16.0 Å². The maximum atomic E-state index is 10.5. The molecule has 82 valence electrons. The van der Waals surface area contributed by atoms with E-state index in [0.717, 1.165) is 0 Å². The number of rotatable bonds is 4. The van der Waals surface area contributed by atoms with Gasteiger partial charge in [0.2, 0.25) is 5.88 Å². The number of nitrogens with two attached hydrogens (primary N) is 1. The van der Waals surface area contributed by atoms with Gasteiger partial charge in [0.25, 0.3) is 5.69 Å². The lowest BCUT2D eigenvalue weighted by Gasteiger charge is -2.07. The van der Waals surface area contributed by atoms with Gasteiger partial charge in [-0.25, -0.2) is 0 Å². The molecule has 0 spiro atoms. The highest BCUT2D eigenvalue weighted by Crippen LogP contribution is 2.20. The first-order valence-corrected chi connectivity index (χ1v) is 4.54. The lowest BCUT2D eigenvalue weighted by molar-refractivity contribution is -0.384. The normalized spacial score (nSPS) is 10.3. The minimum absolute atomic E-state index is 0.0861. The Bertz CT molecular complexity index is 366. The number of aromatic nitrogens is 1. The number of nitrogens with zero attached hydrogens (tertiary/aromatic N) is 2. The van der Waals surface area contributed by atoms with Crippen molar-refractivity contribution in [3.63, 3.8) is 0 Å². The monoisotopic (exact) mass is 211 g/mol. The van der Waals surface area contributed by atoms with Crippen molar-refractivity contribution in [3.05, 3.63) is 22.2 Å². The molecule has 0 saturated heterocycles. The molecule has 0 unspecified atom stereocenters. The van der Waals surface area contributed by atoms with E-state index in [-0.39, 0.29) is 17.4 Å². The molecule has 1 aromatic heterocycles. The van der Waals surface area contributed by atoms with Crippen molar-refractivity contribution < 1.29 is 9.66 Å². The molecule has 2 N–H and O–H groups in total. The average Bonchev–Trinajstić information content (AvgIpc) is 2.13. The van der Waals surface area contributed by atoms with E-state index in [2.05, 4.69) is 4.98 Å². The predicted molar refractivity (Wildman–Crippen MR) is 55.6 cm³/mol. The first-order valence-electron chi connectivity index (χ1n) is 4.54. The molecule has 0 aliphatic rings. The minimum atomic E-state index is -0.528. The molecular weight excluding hydrogens is 198 g/mol. The van der Waals surface area contributed by atoms with Crippen molar-refractivity contribution in [2.24, 2.45) is 5.92 Å². The van der Waals surface area contributed by atoms with Gasteiger partial charge in [0, 0.05) is 0 Å². The summed E-state index contributed by atoms with van der Waals surface area (Å²) < 4.78 is 5.24. The molecule has 0 bridgehead atoms. The summed E-state index contributed by atoms with van der Waals surface area (Å²) in [6.45, 7) is 4.40. The van der Waals surface area contributed by atoms with E-state index < -0.39 is 4.92 Å². The second-order valence-electron chi connectivity index (χ2n) is 3.55. The summed E-state index contributed by atoms with van der Waals surface area (Å²) in [7, 11) is 0. The maximum absolute atomic E-state index is 10.5. The summed E-state index contributed by atoms with van der Waals surface area (Å²) in [5, 5.41) is 10.5. The number of nitro groups is 1. The highest BCUT2D eigenvalue weighted by Gasteiger charge is 2.10. The van der Waals surface area contributed by atoms with Crippen molar-refractivity contribution in [3.8, 4) is 5.88 Å². The van der Waals surface area contributed by atoms with Crippen LogP contribution in [-0.2, 0) is 0 Å². The van der Waals surface area contributed by atoms with Crippen LogP contribution < -0.4 is 10.5 Å². The van der Waals surface area contributed by atoms with E-state index in [1.54, 1.807) is 0 Å². The molecule has 0 aliphatic carbocycles. The van der Waals surface area contributed by atoms with E-state index in [9.17, 15) is 10.1 Å². The van der Waals surface area contributed by atoms with Crippen molar-refractivity contribution >= 4 is 11.5 Å². The first-order chi connectivity index (χ1) is 6.99. The predicted octanol–water partition coefficient (Wildman–Crippen LogP) is 1.61. The van der Waals surface area contributed by atoms with Gasteiger partial charge in [-0.1, -0.05) is 13.8 Å². The van der Waals surface area contributed by atoms with Gasteiger partial charge in [0.15, 0.2) is 0 Å². The Morgan fingerprint density at radius 2 is 2.27 bits per heavy atom. The third-order valence-electron chi connectivity index (χ3n) is 1.58. The van der Waals surface area contributed by atoms with Crippen LogP contribution in [0.1, 0.15) is 13.8 Å². The smallest absolute Gasteiger partial charge is 0.278 e. The lowest BCUT2D eigenvalue weighted by Crippen LogP contribution is -2.07. The van der Waals surface area contributed by atoms with Gasteiger partial charge in [-0.05, 0) is 5.92 Å². The highest BCUT2D eigenvalue weighted by molar-refractivity contribution is 5.45. The maximum Gasteiger partial charge on any atom is 0.278 e. The first kappa shape index (κ1) is 11.2. The summed E-state index contributed by atoms with van der Waals surface area (Å²) in [6, 6.07) is 2.46. The van der Waals surface area contributed by atoms with Crippen LogP contribution in [0.15, 0.2) is 12.1 Å². The Labute approximate surface area is 87.2 Å². The zero-order chi connectivity index (χ0) is 11.4. The summed E-state index contributed by atoms with van der Waals surface area (Å²) in [6.07, 6.45) is 0. The number of hydrogen-bond donors (Lipinski definition) is 1. The van der Waals surface area contributed by atoms with Gasteiger partial charge in [0.05, 0.1) is 23.7 Å². The van der Waals surface area contributed by atoms with E-state index in [1.807, 2.05) is 13.8 Å². The number of ether oxygens (including phenoxy) is 1. The molecule has 6 nitrogen and oxygen atoms in total. The van der Waals surface area contributed by atoms with Gasteiger partial charge >= 0.3 is 0 Å². The van der Waals surface area contributed by atoms with Crippen molar-refractivity contribution in [1.29, 1.82) is 0 Å². The Balaban J connectivity index is 2.84. The Kier molecular flexibility index (Phi) is 3.43.